The number of quaternary nitrogens is 1. The fourth-order valence-corrected chi connectivity index (χ4v) is 1.97. The van der Waals surface area contributed by atoms with E-state index in [2.05, 4.69) is 14.1 Å². The molecule has 0 radical (unpaired) electrons. The molecule has 0 spiro atoms. The van der Waals surface area contributed by atoms with Gasteiger partial charge in [-0.25, -0.2) is 0 Å². The third kappa shape index (κ3) is 3.76. The molecule has 0 amide bonds. The van der Waals surface area contributed by atoms with Crippen molar-refractivity contribution in [3.05, 3.63) is 0 Å². The van der Waals surface area contributed by atoms with E-state index in [0.717, 1.165) is 5.92 Å². The van der Waals surface area contributed by atoms with Gasteiger partial charge in [-0.2, -0.15) is 0 Å². The van der Waals surface area contributed by atoms with Crippen molar-refractivity contribution < 1.29 is 4.90 Å². The average molecular weight is 156 g/mol. The minimum Gasteiger partial charge on any atom is -0.340 e. The lowest BCUT2D eigenvalue weighted by Crippen LogP contribution is -3.05. The summed E-state index contributed by atoms with van der Waals surface area (Å²) >= 11 is 0. The second-order valence-corrected chi connectivity index (χ2v) is 4.25. The molecule has 1 fully saturated rings. The van der Waals surface area contributed by atoms with Gasteiger partial charge in [0, 0.05) is 0 Å². The molecule has 1 rings (SSSR count). The van der Waals surface area contributed by atoms with Crippen LogP contribution in [0.25, 0.3) is 0 Å². The molecule has 0 atom stereocenters. The average Bonchev–Trinajstić information content (AvgIpc) is 2.03. The third-order valence-electron chi connectivity index (χ3n) is 2.78. The molecule has 0 aromatic rings. The first-order valence-corrected chi connectivity index (χ1v) is 5.08. The molecule has 1 N–H and O–H groups in total. The first-order chi connectivity index (χ1) is 5.29. The van der Waals surface area contributed by atoms with Crippen LogP contribution in [0, 0.1) is 5.92 Å². The van der Waals surface area contributed by atoms with Gasteiger partial charge in [0.05, 0.1) is 20.6 Å². The van der Waals surface area contributed by atoms with Crippen LogP contribution in [0.5, 0.6) is 0 Å². The molecule has 0 unspecified atom stereocenters. The van der Waals surface area contributed by atoms with E-state index >= 15 is 0 Å². The van der Waals surface area contributed by atoms with Crippen molar-refractivity contribution >= 4 is 0 Å². The van der Waals surface area contributed by atoms with Gasteiger partial charge in [-0.1, -0.05) is 32.1 Å². The lowest BCUT2D eigenvalue weighted by Gasteiger charge is -2.21. The summed E-state index contributed by atoms with van der Waals surface area (Å²) in [5, 5.41) is 0. The van der Waals surface area contributed by atoms with Gasteiger partial charge in [-0.3, -0.25) is 0 Å². The minimum atomic E-state index is 1.07. The van der Waals surface area contributed by atoms with E-state index in [9.17, 15) is 0 Å². The SMILES string of the molecule is C[NH+](C)CCC1CCCCC1. The third-order valence-corrected chi connectivity index (χ3v) is 2.78. The van der Waals surface area contributed by atoms with Crippen LogP contribution < -0.4 is 4.90 Å². The Morgan fingerprint density at radius 1 is 1.09 bits per heavy atom. The molecule has 0 aromatic carbocycles. The summed E-state index contributed by atoms with van der Waals surface area (Å²) in [7, 11) is 4.51. The van der Waals surface area contributed by atoms with Gasteiger partial charge in [-0.15, -0.1) is 0 Å². The fourth-order valence-electron chi connectivity index (χ4n) is 1.97. The van der Waals surface area contributed by atoms with Crippen molar-refractivity contribution in [1.29, 1.82) is 0 Å². The highest BCUT2D eigenvalue weighted by atomic mass is 15.0. The summed E-state index contributed by atoms with van der Waals surface area (Å²) in [6, 6.07) is 0. The van der Waals surface area contributed by atoms with E-state index < -0.39 is 0 Å². The molecule has 1 saturated carbocycles. The zero-order chi connectivity index (χ0) is 8.10. The van der Waals surface area contributed by atoms with E-state index in [4.69, 9.17) is 0 Å². The number of hydrogen-bond donors (Lipinski definition) is 1. The lowest BCUT2D eigenvalue weighted by molar-refractivity contribution is -0.858. The molecule has 1 heteroatoms. The Morgan fingerprint density at radius 3 is 2.27 bits per heavy atom. The zero-order valence-electron chi connectivity index (χ0n) is 8.03. The highest BCUT2D eigenvalue weighted by molar-refractivity contribution is 4.64. The topological polar surface area (TPSA) is 4.44 Å². The molecule has 1 nitrogen and oxygen atoms in total. The monoisotopic (exact) mass is 156 g/mol. The Labute approximate surface area is 70.8 Å². The van der Waals surface area contributed by atoms with E-state index in [1.165, 1.54) is 45.1 Å². The molecule has 11 heavy (non-hydrogen) atoms. The molecule has 1 aliphatic carbocycles. The second-order valence-electron chi connectivity index (χ2n) is 4.25. The molecule has 0 aromatic heterocycles. The van der Waals surface area contributed by atoms with Crippen molar-refractivity contribution in [3.8, 4) is 0 Å². The number of hydrogen-bond acceptors (Lipinski definition) is 0. The van der Waals surface area contributed by atoms with Crippen molar-refractivity contribution in [3.63, 3.8) is 0 Å². The Bertz CT molecular complexity index is 93.0. The zero-order valence-corrected chi connectivity index (χ0v) is 8.03. The van der Waals surface area contributed by atoms with Crippen molar-refractivity contribution in [2.24, 2.45) is 5.92 Å². The van der Waals surface area contributed by atoms with Crippen LogP contribution >= 0.6 is 0 Å². The molecule has 0 heterocycles. The molecule has 66 valence electrons. The van der Waals surface area contributed by atoms with E-state index in [1.54, 1.807) is 4.90 Å². The minimum absolute atomic E-state index is 1.07. The summed E-state index contributed by atoms with van der Waals surface area (Å²) in [5.41, 5.74) is 0. The quantitative estimate of drug-likeness (QED) is 0.624. The highest BCUT2D eigenvalue weighted by Gasteiger charge is 2.13. The van der Waals surface area contributed by atoms with E-state index in [1.807, 2.05) is 0 Å². The van der Waals surface area contributed by atoms with Gasteiger partial charge < -0.3 is 4.90 Å². The molecule has 0 aliphatic heterocycles. The molecular formula is C10H22N+. The summed E-state index contributed by atoms with van der Waals surface area (Å²) in [6.07, 6.45) is 8.95. The molecule has 1 aliphatic rings. The first-order valence-electron chi connectivity index (χ1n) is 5.08. The maximum absolute atomic E-state index is 2.25. The summed E-state index contributed by atoms with van der Waals surface area (Å²) in [5.74, 6) is 1.07. The van der Waals surface area contributed by atoms with Crippen molar-refractivity contribution in [2.75, 3.05) is 20.6 Å². The van der Waals surface area contributed by atoms with Gasteiger partial charge in [0.1, 0.15) is 0 Å². The van der Waals surface area contributed by atoms with Gasteiger partial charge in [0.2, 0.25) is 0 Å². The molecular weight excluding hydrogens is 134 g/mol. The van der Waals surface area contributed by atoms with Crippen LogP contribution in [0.3, 0.4) is 0 Å². The van der Waals surface area contributed by atoms with E-state index in [0.29, 0.717) is 0 Å². The summed E-state index contributed by atoms with van der Waals surface area (Å²) in [6.45, 7) is 1.37. The number of rotatable bonds is 3. The predicted octanol–water partition coefficient (Wildman–Crippen LogP) is 1.10. The van der Waals surface area contributed by atoms with Crippen LogP contribution in [-0.4, -0.2) is 20.6 Å². The Morgan fingerprint density at radius 2 is 1.73 bits per heavy atom. The summed E-state index contributed by atoms with van der Waals surface area (Å²) in [4.78, 5) is 1.61. The van der Waals surface area contributed by atoms with Crippen LogP contribution in [-0.2, 0) is 0 Å². The smallest absolute Gasteiger partial charge is 0.0769 e. The maximum atomic E-state index is 2.25. The first kappa shape index (κ1) is 9.05. The Balaban J connectivity index is 2.05. The van der Waals surface area contributed by atoms with Gasteiger partial charge in [0.15, 0.2) is 0 Å². The Kier molecular flexibility index (Phi) is 3.92. The molecule has 0 saturated heterocycles. The van der Waals surface area contributed by atoms with Crippen molar-refractivity contribution in [1.82, 2.24) is 0 Å². The standard InChI is InChI=1S/C10H21N/c1-11(2)9-8-10-6-4-3-5-7-10/h10H,3-9H2,1-2H3/p+1. The lowest BCUT2D eigenvalue weighted by atomic mass is 9.87. The molecule has 0 bridgehead atoms. The predicted molar refractivity (Wildman–Crippen MR) is 48.9 cm³/mol. The van der Waals surface area contributed by atoms with E-state index in [-0.39, 0.29) is 0 Å². The van der Waals surface area contributed by atoms with Crippen LogP contribution in [0.1, 0.15) is 38.5 Å². The normalized spacial score (nSPS) is 21.0. The largest absolute Gasteiger partial charge is 0.340 e. The highest BCUT2D eigenvalue weighted by Crippen LogP contribution is 2.25. The maximum Gasteiger partial charge on any atom is 0.0769 e. The van der Waals surface area contributed by atoms with Crippen LogP contribution in [0.15, 0.2) is 0 Å². The van der Waals surface area contributed by atoms with Crippen molar-refractivity contribution in [2.45, 2.75) is 38.5 Å². The second kappa shape index (κ2) is 4.76. The fraction of sp³-hybridized carbons (Fsp3) is 1.00. The van der Waals surface area contributed by atoms with Gasteiger partial charge in [-0.05, 0) is 12.3 Å². The van der Waals surface area contributed by atoms with Gasteiger partial charge in [0.25, 0.3) is 0 Å². The summed E-state index contributed by atoms with van der Waals surface area (Å²) < 4.78 is 0. The van der Waals surface area contributed by atoms with Gasteiger partial charge >= 0.3 is 0 Å². The number of nitrogens with one attached hydrogen (secondary N) is 1. The Hall–Kier alpha value is -0.0400. The van der Waals surface area contributed by atoms with Crippen LogP contribution in [0.4, 0.5) is 0 Å². The van der Waals surface area contributed by atoms with Crippen LogP contribution in [0.2, 0.25) is 0 Å².